The van der Waals surface area contributed by atoms with Crippen molar-refractivity contribution < 1.29 is 14.8 Å². The number of nitrogens with zero attached hydrogens (tertiary/aromatic N) is 1. The van der Waals surface area contributed by atoms with Crippen molar-refractivity contribution in [1.29, 1.82) is 0 Å². The molecule has 0 atom stereocenters. The van der Waals surface area contributed by atoms with E-state index >= 15 is 0 Å². The average molecular weight is 252 g/mol. The smallest absolute Gasteiger partial charge is 0.311 e. The summed E-state index contributed by atoms with van der Waals surface area (Å²) in [6, 6.07) is 4.63. The molecule has 1 aliphatic carbocycles. The van der Waals surface area contributed by atoms with Crippen molar-refractivity contribution in [3.05, 3.63) is 28.3 Å². The molecule has 0 unspecified atom stereocenters. The monoisotopic (exact) mass is 252 g/mol. The summed E-state index contributed by atoms with van der Waals surface area (Å²) in [5.41, 5.74) is 0.391. The van der Waals surface area contributed by atoms with Gasteiger partial charge in [0.15, 0.2) is 5.75 Å². The third kappa shape index (κ3) is 2.24. The lowest BCUT2D eigenvalue weighted by molar-refractivity contribution is -0.385. The van der Waals surface area contributed by atoms with Gasteiger partial charge in [-0.3, -0.25) is 10.1 Å². The van der Waals surface area contributed by atoms with Crippen LogP contribution in [-0.4, -0.2) is 29.3 Å². The maximum absolute atomic E-state index is 10.8. The van der Waals surface area contributed by atoms with E-state index in [0.29, 0.717) is 0 Å². The highest BCUT2D eigenvalue weighted by Crippen LogP contribution is 2.37. The van der Waals surface area contributed by atoms with Crippen molar-refractivity contribution >= 4 is 11.4 Å². The first-order chi connectivity index (χ1) is 8.60. The Kier molecular flexibility index (Phi) is 3.38. The Morgan fingerprint density at radius 3 is 2.72 bits per heavy atom. The third-order valence-corrected chi connectivity index (χ3v) is 3.40. The maximum Gasteiger partial charge on any atom is 0.311 e. The van der Waals surface area contributed by atoms with E-state index in [1.165, 1.54) is 13.2 Å². The van der Waals surface area contributed by atoms with Crippen LogP contribution in [0.4, 0.5) is 11.4 Å². The Morgan fingerprint density at radius 2 is 2.28 bits per heavy atom. The van der Waals surface area contributed by atoms with E-state index in [4.69, 9.17) is 4.74 Å². The highest BCUT2D eigenvalue weighted by atomic mass is 16.6. The van der Waals surface area contributed by atoms with Crippen molar-refractivity contribution in [2.45, 2.75) is 24.8 Å². The molecule has 6 heteroatoms. The molecule has 2 N–H and O–H groups in total. The van der Waals surface area contributed by atoms with Gasteiger partial charge in [0.1, 0.15) is 0 Å². The van der Waals surface area contributed by atoms with E-state index in [2.05, 4.69) is 5.32 Å². The first kappa shape index (κ1) is 12.6. The summed E-state index contributed by atoms with van der Waals surface area (Å²) >= 11 is 0. The molecule has 1 aromatic carbocycles. The molecule has 0 radical (unpaired) electrons. The molecule has 2 rings (SSSR count). The minimum absolute atomic E-state index is 0.0605. The van der Waals surface area contributed by atoms with Gasteiger partial charge in [0, 0.05) is 17.8 Å². The van der Waals surface area contributed by atoms with Gasteiger partial charge < -0.3 is 15.2 Å². The van der Waals surface area contributed by atoms with E-state index in [-0.39, 0.29) is 23.6 Å². The number of anilines is 1. The molecule has 1 saturated carbocycles. The van der Waals surface area contributed by atoms with Gasteiger partial charge in [0.25, 0.3) is 0 Å². The summed E-state index contributed by atoms with van der Waals surface area (Å²) in [6.45, 7) is 0.0618. The molecule has 18 heavy (non-hydrogen) atoms. The summed E-state index contributed by atoms with van der Waals surface area (Å²) in [7, 11) is 1.40. The molecule has 0 amide bonds. The van der Waals surface area contributed by atoms with Gasteiger partial charge >= 0.3 is 5.69 Å². The van der Waals surface area contributed by atoms with Gasteiger partial charge in [-0.25, -0.2) is 0 Å². The van der Waals surface area contributed by atoms with Crippen LogP contribution in [0.2, 0.25) is 0 Å². The molecule has 0 bridgehead atoms. The van der Waals surface area contributed by atoms with E-state index in [1.807, 2.05) is 0 Å². The number of rotatable bonds is 5. The summed E-state index contributed by atoms with van der Waals surface area (Å²) in [5, 5.41) is 23.4. The number of benzene rings is 1. The molecule has 0 heterocycles. The Balaban J connectivity index is 2.22. The predicted molar refractivity (Wildman–Crippen MR) is 66.9 cm³/mol. The standard InChI is InChI=1S/C12H16N2O4/c1-18-11-7-9(3-4-10(11)14(16)17)13-12(8-15)5-2-6-12/h3-4,7,13,15H,2,5-6,8H2,1H3. The zero-order valence-corrected chi connectivity index (χ0v) is 10.2. The first-order valence-electron chi connectivity index (χ1n) is 5.82. The number of aliphatic hydroxyl groups is 1. The van der Waals surface area contributed by atoms with Crippen LogP contribution in [0.3, 0.4) is 0 Å². The van der Waals surface area contributed by atoms with Crippen LogP contribution in [-0.2, 0) is 0 Å². The molecule has 6 nitrogen and oxygen atoms in total. The van der Waals surface area contributed by atoms with Crippen LogP contribution in [0.5, 0.6) is 5.75 Å². The van der Waals surface area contributed by atoms with Gasteiger partial charge in [0.05, 0.1) is 24.2 Å². The SMILES string of the molecule is COc1cc(NC2(CO)CCC2)ccc1[N+](=O)[O-]. The van der Waals surface area contributed by atoms with Crippen molar-refractivity contribution in [1.82, 2.24) is 0 Å². The minimum atomic E-state index is -0.478. The van der Waals surface area contributed by atoms with Gasteiger partial charge in [-0.2, -0.15) is 0 Å². The molecule has 98 valence electrons. The third-order valence-electron chi connectivity index (χ3n) is 3.40. The summed E-state index contributed by atoms with van der Waals surface area (Å²) in [6.07, 6.45) is 2.89. The second-order valence-corrected chi connectivity index (χ2v) is 4.56. The minimum Gasteiger partial charge on any atom is -0.490 e. The van der Waals surface area contributed by atoms with Crippen molar-refractivity contribution in [3.8, 4) is 5.75 Å². The van der Waals surface area contributed by atoms with Crippen LogP contribution >= 0.6 is 0 Å². The van der Waals surface area contributed by atoms with Crippen LogP contribution < -0.4 is 10.1 Å². The highest BCUT2D eigenvalue weighted by Gasteiger charge is 2.36. The Bertz CT molecular complexity index is 452. The van der Waals surface area contributed by atoms with Crippen LogP contribution in [0.15, 0.2) is 18.2 Å². The topological polar surface area (TPSA) is 84.6 Å². The molecular weight excluding hydrogens is 236 g/mol. The lowest BCUT2D eigenvalue weighted by Crippen LogP contribution is -2.48. The molecule has 0 spiro atoms. The van der Waals surface area contributed by atoms with Crippen molar-refractivity contribution in [2.24, 2.45) is 0 Å². The first-order valence-corrected chi connectivity index (χ1v) is 5.82. The Labute approximate surface area is 105 Å². The van der Waals surface area contributed by atoms with Crippen LogP contribution in [0.25, 0.3) is 0 Å². The van der Waals surface area contributed by atoms with E-state index in [9.17, 15) is 15.2 Å². The largest absolute Gasteiger partial charge is 0.490 e. The zero-order valence-electron chi connectivity index (χ0n) is 10.2. The number of methoxy groups -OCH3 is 1. The fraction of sp³-hybridized carbons (Fsp3) is 0.500. The molecule has 0 saturated heterocycles. The van der Waals surface area contributed by atoms with Gasteiger partial charge in [0.2, 0.25) is 0 Å². The van der Waals surface area contributed by atoms with Gasteiger partial charge in [-0.15, -0.1) is 0 Å². The second-order valence-electron chi connectivity index (χ2n) is 4.56. The average Bonchev–Trinajstić information content (AvgIpc) is 2.33. The molecule has 1 aromatic rings. The van der Waals surface area contributed by atoms with Gasteiger partial charge in [-0.1, -0.05) is 0 Å². The lowest BCUT2D eigenvalue weighted by atomic mass is 9.77. The number of nitro groups is 1. The molecule has 1 aliphatic rings. The normalized spacial score (nSPS) is 16.8. The quantitative estimate of drug-likeness (QED) is 0.618. The number of ether oxygens (including phenoxy) is 1. The molecule has 0 aliphatic heterocycles. The van der Waals surface area contributed by atoms with Gasteiger partial charge in [-0.05, 0) is 25.3 Å². The predicted octanol–water partition coefficient (Wildman–Crippen LogP) is 1.93. The van der Waals surface area contributed by atoms with Crippen LogP contribution in [0.1, 0.15) is 19.3 Å². The Morgan fingerprint density at radius 1 is 1.56 bits per heavy atom. The fourth-order valence-corrected chi connectivity index (χ4v) is 2.14. The van der Waals surface area contributed by atoms with Crippen molar-refractivity contribution in [2.75, 3.05) is 19.0 Å². The zero-order chi connectivity index (χ0) is 13.2. The second kappa shape index (κ2) is 4.81. The van der Waals surface area contributed by atoms with E-state index < -0.39 is 4.92 Å². The lowest BCUT2D eigenvalue weighted by Gasteiger charge is -2.41. The maximum atomic E-state index is 10.8. The summed E-state index contributed by atoms with van der Waals surface area (Å²) in [5.74, 6) is 0.220. The fourth-order valence-electron chi connectivity index (χ4n) is 2.14. The van der Waals surface area contributed by atoms with Crippen LogP contribution in [0, 0.1) is 10.1 Å². The molecular formula is C12H16N2O4. The number of hydrogen-bond donors (Lipinski definition) is 2. The number of hydrogen-bond acceptors (Lipinski definition) is 5. The summed E-state index contributed by atoms with van der Waals surface area (Å²) < 4.78 is 5.00. The highest BCUT2D eigenvalue weighted by molar-refractivity contribution is 5.59. The molecule has 0 aromatic heterocycles. The number of aliphatic hydroxyl groups excluding tert-OH is 1. The Hall–Kier alpha value is -1.82. The number of nitrogens with one attached hydrogen (secondary N) is 1. The van der Waals surface area contributed by atoms with E-state index in [0.717, 1.165) is 24.9 Å². The molecule has 1 fully saturated rings. The number of nitro benzene ring substituents is 1. The van der Waals surface area contributed by atoms with E-state index in [1.54, 1.807) is 12.1 Å². The van der Waals surface area contributed by atoms with Crippen molar-refractivity contribution in [3.63, 3.8) is 0 Å². The summed E-state index contributed by atoms with van der Waals surface area (Å²) in [4.78, 5) is 10.3.